The number of nitrogens with zero attached hydrogens (tertiary/aromatic N) is 3. The highest BCUT2D eigenvalue weighted by molar-refractivity contribution is 5.75. The van der Waals surface area contributed by atoms with E-state index >= 15 is 0 Å². The number of methoxy groups -OCH3 is 1. The Labute approximate surface area is 185 Å². The summed E-state index contributed by atoms with van der Waals surface area (Å²) in [5.41, 5.74) is -0.673. The normalized spacial score (nSPS) is 11.8. The third-order valence-electron chi connectivity index (χ3n) is 4.59. The number of hydrogen-bond acceptors (Lipinski definition) is 6. The minimum Gasteiger partial charge on any atom is -0.496 e. The zero-order valence-electron chi connectivity index (χ0n) is 18.6. The van der Waals surface area contributed by atoms with Gasteiger partial charge in [-0.15, -0.1) is 0 Å². The highest BCUT2D eigenvalue weighted by Crippen LogP contribution is 2.29. The van der Waals surface area contributed by atoms with Crippen molar-refractivity contribution in [3.05, 3.63) is 62.2 Å². The van der Waals surface area contributed by atoms with Crippen LogP contribution in [0, 0.1) is 24.1 Å². The Morgan fingerprint density at radius 2 is 2.03 bits per heavy atom. The van der Waals surface area contributed by atoms with Crippen LogP contribution in [-0.4, -0.2) is 34.8 Å². The molecule has 0 saturated heterocycles. The van der Waals surface area contributed by atoms with Crippen molar-refractivity contribution >= 4 is 5.91 Å². The van der Waals surface area contributed by atoms with Gasteiger partial charge in [-0.2, -0.15) is 5.26 Å². The maximum absolute atomic E-state index is 14.0. The van der Waals surface area contributed by atoms with Crippen LogP contribution >= 0.6 is 0 Å². The van der Waals surface area contributed by atoms with Gasteiger partial charge in [-0.05, 0) is 39.0 Å². The number of amides is 1. The van der Waals surface area contributed by atoms with Crippen molar-refractivity contribution in [2.24, 2.45) is 0 Å². The lowest BCUT2D eigenvalue weighted by molar-refractivity contribution is -0.122. The zero-order valence-corrected chi connectivity index (χ0v) is 18.6. The molecule has 32 heavy (non-hydrogen) atoms. The fraction of sp³-hybridized carbons (Fsp3) is 0.455. The van der Waals surface area contributed by atoms with E-state index in [2.05, 4.69) is 5.32 Å². The number of rotatable bonds is 10. The van der Waals surface area contributed by atoms with E-state index in [-0.39, 0.29) is 31.2 Å². The summed E-state index contributed by atoms with van der Waals surface area (Å²) in [5.74, 6) is -0.638. The second-order valence-electron chi connectivity index (χ2n) is 7.51. The number of ether oxygens (including phenoxy) is 2. The molecule has 0 aliphatic heterocycles. The zero-order chi connectivity index (χ0) is 23.8. The SMILES string of the molecule is COc1ccc(F)cc1C(Cn1cc(C)c(=O)n(CC(=O)NC(C)C)c1=O)OCCC#N. The van der Waals surface area contributed by atoms with Gasteiger partial charge >= 0.3 is 5.69 Å². The van der Waals surface area contributed by atoms with Crippen LogP contribution < -0.4 is 21.3 Å². The quantitative estimate of drug-likeness (QED) is 0.555. The first-order chi connectivity index (χ1) is 15.2. The van der Waals surface area contributed by atoms with Crippen LogP contribution in [0.4, 0.5) is 4.39 Å². The molecule has 10 heteroatoms. The van der Waals surface area contributed by atoms with Crippen molar-refractivity contribution in [1.29, 1.82) is 5.26 Å². The summed E-state index contributed by atoms with van der Waals surface area (Å²) in [5, 5.41) is 11.5. The maximum atomic E-state index is 14.0. The largest absolute Gasteiger partial charge is 0.496 e. The molecule has 0 bridgehead atoms. The predicted molar refractivity (Wildman–Crippen MR) is 115 cm³/mol. The monoisotopic (exact) mass is 446 g/mol. The van der Waals surface area contributed by atoms with Gasteiger partial charge in [0.15, 0.2) is 0 Å². The van der Waals surface area contributed by atoms with Gasteiger partial charge < -0.3 is 14.8 Å². The molecule has 0 radical (unpaired) electrons. The van der Waals surface area contributed by atoms with Crippen LogP contribution in [0.3, 0.4) is 0 Å². The Kier molecular flexibility index (Phi) is 8.72. The molecule has 0 fully saturated rings. The van der Waals surface area contributed by atoms with Gasteiger partial charge in [-0.3, -0.25) is 18.7 Å². The van der Waals surface area contributed by atoms with Crippen molar-refractivity contribution in [3.63, 3.8) is 0 Å². The summed E-state index contributed by atoms with van der Waals surface area (Å²) in [6.45, 7) is 4.60. The van der Waals surface area contributed by atoms with Crippen LogP contribution in [-0.2, 0) is 22.6 Å². The summed E-state index contributed by atoms with van der Waals surface area (Å²) < 4.78 is 27.1. The summed E-state index contributed by atoms with van der Waals surface area (Å²) >= 11 is 0. The van der Waals surface area contributed by atoms with E-state index in [1.165, 1.54) is 43.0 Å². The standard InChI is InChI=1S/C22H27FN4O5/c1-14(2)25-20(28)13-27-21(29)15(3)11-26(22(27)30)12-19(32-9-5-8-24)17-10-16(23)6-7-18(17)31-4/h6-7,10-11,14,19H,5,9,12-13H2,1-4H3,(H,25,28). The van der Waals surface area contributed by atoms with Crippen LogP contribution in [0.5, 0.6) is 5.75 Å². The Morgan fingerprint density at radius 1 is 1.31 bits per heavy atom. The molecule has 1 aromatic carbocycles. The fourth-order valence-electron chi connectivity index (χ4n) is 3.20. The molecule has 9 nitrogen and oxygen atoms in total. The minimum absolute atomic E-state index is 0.0466. The number of aryl methyl sites for hydroxylation is 1. The molecular weight excluding hydrogens is 419 g/mol. The molecular formula is C22H27FN4O5. The summed E-state index contributed by atoms with van der Waals surface area (Å²) in [4.78, 5) is 37.7. The van der Waals surface area contributed by atoms with Crippen molar-refractivity contribution < 1.29 is 18.7 Å². The number of nitriles is 1. The van der Waals surface area contributed by atoms with Crippen molar-refractivity contribution in [3.8, 4) is 11.8 Å². The van der Waals surface area contributed by atoms with Crippen molar-refractivity contribution in [1.82, 2.24) is 14.5 Å². The molecule has 1 atom stereocenters. The maximum Gasteiger partial charge on any atom is 0.331 e. The topological polar surface area (TPSA) is 115 Å². The van der Waals surface area contributed by atoms with Crippen LogP contribution in [0.2, 0.25) is 0 Å². The third kappa shape index (κ3) is 6.28. The lowest BCUT2D eigenvalue weighted by atomic mass is 10.1. The summed E-state index contributed by atoms with van der Waals surface area (Å²) in [6.07, 6.45) is 0.617. The number of benzene rings is 1. The average molecular weight is 446 g/mol. The van der Waals surface area contributed by atoms with Crippen molar-refractivity contribution in [2.45, 2.75) is 52.4 Å². The van der Waals surface area contributed by atoms with Crippen LogP contribution in [0.15, 0.2) is 34.0 Å². The lowest BCUT2D eigenvalue weighted by Gasteiger charge is -2.22. The van der Waals surface area contributed by atoms with E-state index in [1.54, 1.807) is 13.8 Å². The van der Waals surface area contributed by atoms with E-state index in [0.29, 0.717) is 11.3 Å². The van der Waals surface area contributed by atoms with E-state index in [4.69, 9.17) is 14.7 Å². The first-order valence-corrected chi connectivity index (χ1v) is 10.1. The van der Waals surface area contributed by atoms with Gasteiger partial charge in [0.25, 0.3) is 5.56 Å². The number of aromatic nitrogens is 2. The van der Waals surface area contributed by atoms with Gasteiger partial charge in [0.2, 0.25) is 5.91 Å². The minimum atomic E-state index is -0.846. The lowest BCUT2D eigenvalue weighted by Crippen LogP contribution is -2.45. The van der Waals surface area contributed by atoms with E-state index in [1.807, 2.05) is 6.07 Å². The smallest absolute Gasteiger partial charge is 0.331 e. The Morgan fingerprint density at radius 3 is 2.66 bits per heavy atom. The molecule has 0 aliphatic rings. The molecule has 0 spiro atoms. The second kappa shape index (κ2) is 11.2. The Bertz CT molecular complexity index is 1120. The number of carbonyl (C=O) groups excluding carboxylic acids is 1. The average Bonchev–Trinajstić information content (AvgIpc) is 2.73. The van der Waals surface area contributed by atoms with E-state index in [0.717, 1.165) is 4.57 Å². The van der Waals surface area contributed by atoms with Gasteiger partial charge in [-0.1, -0.05) is 0 Å². The summed E-state index contributed by atoms with van der Waals surface area (Å²) in [6, 6.07) is 5.73. The van der Waals surface area contributed by atoms with Gasteiger partial charge in [0.05, 0.1) is 32.8 Å². The highest BCUT2D eigenvalue weighted by atomic mass is 19.1. The predicted octanol–water partition coefficient (Wildman–Crippen LogP) is 1.66. The molecule has 1 N–H and O–H groups in total. The molecule has 1 heterocycles. The molecule has 1 aromatic heterocycles. The van der Waals surface area contributed by atoms with Crippen LogP contribution in [0.1, 0.15) is 37.5 Å². The first-order valence-electron chi connectivity index (χ1n) is 10.1. The number of hydrogen-bond donors (Lipinski definition) is 1. The molecule has 0 saturated carbocycles. The Hall–Kier alpha value is -3.45. The summed E-state index contributed by atoms with van der Waals surface area (Å²) in [7, 11) is 1.42. The number of nitrogens with one attached hydrogen (secondary N) is 1. The Balaban J connectivity index is 2.48. The van der Waals surface area contributed by atoms with E-state index < -0.39 is 35.6 Å². The van der Waals surface area contributed by atoms with Gasteiger partial charge in [0, 0.05) is 23.4 Å². The number of carbonyl (C=O) groups is 1. The number of halogens is 1. The van der Waals surface area contributed by atoms with Crippen LogP contribution in [0.25, 0.3) is 0 Å². The van der Waals surface area contributed by atoms with Crippen molar-refractivity contribution in [2.75, 3.05) is 13.7 Å². The molecule has 2 aromatic rings. The molecule has 1 amide bonds. The fourth-order valence-corrected chi connectivity index (χ4v) is 3.20. The first kappa shape index (κ1) is 24.8. The molecule has 0 aliphatic carbocycles. The second-order valence-corrected chi connectivity index (χ2v) is 7.51. The highest BCUT2D eigenvalue weighted by Gasteiger charge is 2.21. The molecule has 1 unspecified atom stereocenters. The third-order valence-corrected chi connectivity index (χ3v) is 4.59. The molecule has 2 rings (SSSR count). The van der Waals surface area contributed by atoms with Gasteiger partial charge in [-0.25, -0.2) is 9.18 Å². The van der Waals surface area contributed by atoms with E-state index in [9.17, 15) is 18.8 Å². The molecule has 172 valence electrons. The van der Waals surface area contributed by atoms with Gasteiger partial charge in [0.1, 0.15) is 24.2 Å².